The number of carbonyl (C=O) groups is 2. The van der Waals surface area contributed by atoms with E-state index in [2.05, 4.69) is 5.32 Å². The SMILES string of the molecule is CC1(C)[C@H](C(=O)O)[C@@H]1C(=O)NCCc1ccco1. The summed E-state index contributed by atoms with van der Waals surface area (Å²) in [6, 6.07) is 3.63. The van der Waals surface area contributed by atoms with E-state index < -0.39 is 23.2 Å². The average Bonchev–Trinajstić information content (AvgIpc) is 2.65. The number of hydrogen-bond acceptors (Lipinski definition) is 3. The minimum Gasteiger partial charge on any atom is -0.481 e. The Hall–Kier alpha value is -1.78. The van der Waals surface area contributed by atoms with E-state index in [1.165, 1.54) is 0 Å². The fourth-order valence-corrected chi connectivity index (χ4v) is 2.46. The molecule has 0 spiro atoms. The monoisotopic (exact) mass is 251 g/mol. The van der Waals surface area contributed by atoms with Crippen LogP contribution < -0.4 is 5.32 Å². The van der Waals surface area contributed by atoms with Crippen molar-refractivity contribution in [1.29, 1.82) is 0 Å². The van der Waals surface area contributed by atoms with Gasteiger partial charge in [0.25, 0.3) is 0 Å². The van der Waals surface area contributed by atoms with Crippen LogP contribution in [0.15, 0.2) is 22.8 Å². The van der Waals surface area contributed by atoms with Gasteiger partial charge in [-0.3, -0.25) is 9.59 Å². The Morgan fingerprint density at radius 2 is 2.17 bits per heavy atom. The van der Waals surface area contributed by atoms with Crippen molar-refractivity contribution >= 4 is 11.9 Å². The minimum absolute atomic E-state index is 0.182. The van der Waals surface area contributed by atoms with Crippen LogP contribution in [0.5, 0.6) is 0 Å². The van der Waals surface area contributed by atoms with Crippen LogP contribution in [0.1, 0.15) is 19.6 Å². The third-order valence-corrected chi connectivity index (χ3v) is 3.63. The Morgan fingerprint density at radius 3 is 2.67 bits per heavy atom. The normalized spacial score (nSPS) is 24.6. The number of carbonyl (C=O) groups excluding carboxylic acids is 1. The van der Waals surface area contributed by atoms with Crippen LogP contribution in [-0.4, -0.2) is 23.5 Å². The van der Waals surface area contributed by atoms with E-state index in [9.17, 15) is 9.59 Å². The van der Waals surface area contributed by atoms with Crippen molar-refractivity contribution < 1.29 is 19.1 Å². The van der Waals surface area contributed by atoms with E-state index in [1.54, 1.807) is 12.3 Å². The molecule has 2 atom stereocenters. The van der Waals surface area contributed by atoms with Crippen LogP contribution >= 0.6 is 0 Å². The molecule has 1 aromatic heterocycles. The summed E-state index contributed by atoms with van der Waals surface area (Å²) < 4.78 is 5.15. The molecular weight excluding hydrogens is 234 g/mol. The number of amides is 1. The van der Waals surface area contributed by atoms with Crippen molar-refractivity contribution in [2.75, 3.05) is 6.54 Å². The molecule has 5 heteroatoms. The summed E-state index contributed by atoms with van der Waals surface area (Å²) >= 11 is 0. The first kappa shape index (κ1) is 12.7. The van der Waals surface area contributed by atoms with Gasteiger partial charge in [-0.15, -0.1) is 0 Å². The van der Waals surface area contributed by atoms with Gasteiger partial charge in [0.15, 0.2) is 0 Å². The Bertz CT molecular complexity index is 450. The standard InChI is InChI=1S/C13H17NO4/c1-13(2)9(10(13)12(16)17)11(15)14-6-5-8-4-3-7-18-8/h3-4,7,9-10H,5-6H2,1-2H3,(H,14,15)(H,16,17)/t9-,10+/m1/s1. The van der Waals surface area contributed by atoms with E-state index in [0.29, 0.717) is 13.0 Å². The number of nitrogens with one attached hydrogen (secondary N) is 1. The second kappa shape index (κ2) is 4.48. The Kier molecular flexibility index (Phi) is 3.15. The molecule has 98 valence electrons. The van der Waals surface area contributed by atoms with Crippen LogP contribution in [0, 0.1) is 17.3 Å². The van der Waals surface area contributed by atoms with Gasteiger partial charge in [0.1, 0.15) is 5.76 Å². The molecule has 0 unspecified atom stereocenters. The smallest absolute Gasteiger partial charge is 0.307 e. The zero-order chi connectivity index (χ0) is 13.3. The molecule has 1 amide bonds. The lowest BCUT2D eigenvalue weighted by Crippen LogP contribution is -2.29. The van der Waals surface area contributed by atoms with Crippen molar-refractivity contribution in [3.05, 3.63) is 24.2 Å². The molecule has 1 heterocycles. The lowest BCUT2D eigenvalue weighted by Gasteiger charge is -2.04. The third kappa shape index (κ3) is 2.25. The quantitative estimate of drug-likeness (QED) is 0.826. The molecule has 0 saturated heterocycles. The third-order valence-electron chi connectivity index (χ3n) is 3.63. The minimum atomic E-state index is -0.897. The number of aliphatic carboxylic acids is 1. The highest BCUT2D eigenvalue weighted by molar-refractivity contribution is 5.91. The van der Waals surface area contributed by atoms with E-state index in [4.69, 9.17) is 9.52 Å². The molecule has 0 aromatic carbocycles. The maximum absolute atomic E-state index is 11.9. The number of furan rings is 1. The van der Waals surface area contributed by atoms with Gasteiger partial charge in [0, 0.05) is 13.0 Å². The number of hydrogen-bond donors (Lipinski definition) is 2. The predicted octanol–water partition coefficient (Wildman–Crippen LogP) is 1.30. The highest BCUT2D eigenvalue weighted by Gasteiger charge is 2.65. The van der Waals surface area contributed by atoms with Gasteiger partial charge in [-0.25, -0.2) is 0 Å². The molecule has 5 nitrogen and oxygen atoms in total. The Balaban J connectivity index is 1.81. The number of rotatable bonds is 5. The lowest BCUT2D eigenvalue weighted by molar-refractivity contribution is -0.140. The molecule has 1 aliphatic carbocycles. The fraction of sp³-hybridized carbons (Fsp3) is 0.538. The van der Waals surface area contributed by atoms with Gasteiger partial charge in [-0.1, -0.05) is 13.8 Å². The Labute approximate surface area is 105 Å². The Morgan fingerprint density at radius 1 is 1.44 bits per heavy atom. The van der Waals surface area contributed by atoms with Gasteiger partial charge in [-0.05, 0) is 17.5 Å². The summed E-state index contributed by atoms with van der Waals surface area (Å²) in [6.07, 6.45) is 2.20. The topological polar surface area (TPSA) is 79.5 Å². The first-order chi connectivity index (χ1) is 8.44. The molecule has 0 radical (unpaired) electrons. The number of carboxylic acid groups (broad SMARTS) is 1. The van der Waals surface area contributed by atoms with E-state index in [1.807, 2.05) is 19.9 Å². The largest absolute Gasteiger partial charge is 0.481 e. The van der Waals surface area contributed by atoms with Crippen LogP contribution in [0.25, 0.3) is 0 Å². The molecule has 1 aliphatic rings. The van der Waals surface area contributed by atoms with Crippen molar-refractivity contribution in [2.45, 2.75) is 20.3 Å². The first-order valence-corrected chi connectivity index (χ1v) is 5.97. The fourth-order valence-electron chi connectivity index (χ4n) is 2.46. The lowest BCUT2D eigenvalue weighted by atomic mass is 10.1. The average molecular weight is 251 g/mol. The van der Waals surface area contributed by atoms with Crippen molar-refractivity contribution in [3.8, 4) is 0 Å². The highest BCUT2D eigenvalue weighted by Crippen LogP contribution is 2.58. The number of carboxylic acids is 1. The van der Waals surface area contributed by atoms with Crippen molar-refractivity contribution in [1.82, 2.24) is 5.32 Å². The van der Waals surface area contributed by atoms with Gasteiger partial charge in [-0.2, -0.15) is 0 Å². The highest BCUT2D eigenvalue weighted by atomic mass is 16.4. The zero-order valence-electron chi connectivity index (χ0n) is 10.5. The van der Waals surface area contributed by atoms with Gasteiger partial charge in [0.05, 0.1) is 18.1 Å². The van der Waals surface area contributed by atoms with Crippen molar-refractivity contribution in [2.24, 2.45) is 17.3 Å². The molecular formula is C13H17NO4. The molecule has 2 N–H and O–H groups in total. The molecule has 0 aliphatic heterocycles. The van der Waals surface area contributed by atoms with E-state index >= 15 is 0 Å². The van der Waals surface area contributed by atoms with E-state index in [-0.39, 0.29) is 5.91 Å². The summed E-state index contributed by atoms with van der Waals surface area (Å²) in [4.78, 5) is 22.8. The van der Waals surface area contributed by atoms with Gasteiger partial charge < -0.3 is 14.8 Å². The van der Waals surface area contributed by atoms with Gasteiger partial charge >= 0.3 is 5.97 Å². The maximum Gasteiger partial charge on any atom is 0.307 e. The molecule has 2 rings (SSSR count). The molecule has 0 bridgehead atoms. The maximum atomic E-state index is 11.9. The van der Waals surface area contributed by atoms with Crippen LogP contribution in [0.3, 0.4) is 0 Å². The molecule has 1 aromatic rings. The molecule has 1 fully saturated rings. The van der Waals surface area contributed by atoms with Crippen LogP contribution in [0.2, 0.25) is 0 Å². The second-order valence-electron chi connectivity index (χ2n) is 5.24. The van der Waals surface area contributed by atoms with Crippen LogP contribution in [-0.2, 0) is 16.0 Å². The summed E-state index contributed by atoms with van der Waals surface area (Å²) in [6.45, 7) is 4.08. The summed E-state index contributed by atoms with van der Waals surface area (Å²) in [5.74, 6) is -1.27. The molecule has 18 heavy (non-hydrogen) atoms. The molecule has 1 saturated carbocycles. The summed E-state index contributed by atoms with van der Waals surface area (Å²) in [7, 11) is 0. The predicted molar refractivity (Wildman–Crippen MR) is 63.8 cm³/mol. The van der Waals surface area contributed by atoms with Crippen LogP contribution in [0.4, 0.5) is 0 Å². The first-order valence-electron chi connectivity index (χ1n) is 5.97. The summed E-state index contributed by atoms with van der Waals surface area (Å²) in [5.41, 5.74) is -0.444. The van der Waals surface area contributed by atoms with Crippen molar-refractivity contribution in [3.63, 3.8) is 0 Å². The summed E-state index contributed by atoms with van der Waals surface area (Å²) in [5, 5.41) is 11.7. The second-order valence-corrected chi connectivity index (χ2v) is 5.24. The zero-order valence-corrected chi connectivity index (χ0v) is 10.5. The van der Waals surface area contributed by atoms with Gasteiger partial charge in [0.2, 0.25) is 5.91 Å². The van der Waals surface area contributed by atoms with E-state index in [0.717, 1.165) is 5.76 Å².